The van der Waals surface area contributed by atoms with E-state index in [0.29, 0.717) is 22.3 Å². The molecule has 0 N–H and O–H groups in total. The summed E-state index contributed by atoms with van der Waals surface area (Å²) in [6.45, 7) is 2.16. The number of benzene rings is 1. The maximum absolute atomic E-state index is 11.5. The van der Waals surface area contributed by atoms with Crippen LogP contribution in [-0.2, 0) is 6.54 Å². The molecule has 19 heavy (non-hydrogen) atoms. The Morgan fingerprint density at radius 3 is 2.84 bits per heavy atom. The molecule has 1 aromatic carbocycles. The normalized spacial score (nSPS) is 10.2. The van der Waals surface area contributed by atoms with E-state index >= 15 is 0 Å². The van der Waals surface area contributed by atoms with Crippen LogP contribution in [0, 0.1) is 18.3 Å². The van der Waals surface area contributed by atoms with Crippen molar-refractivity contribution in [1.82, 2.24) is 9.55 Å². The zero-order chi connectivity index (χ0) is 14.0. The number of hydrogen-bond donors (Lipinski definition) is 0. The van der Waals surface area contributed by atoms with E-state index in [1.54, 1.807) is 23.6 Å². The molecule has 0 fully saturated rings. The van der Waals surface area contributed by atoms with E-state index in [9.17, 15) is 4.79 Å². The highest BCUT2D eigenvalue weighted by Gasteiger charge is 2.12. The van der Waals surface area contributed by atoms with Gasteiger partial charge < -0.3 is 4.57 Å². The SMILES string of the molecule is Cc1c(Br)c(=O)nc(Cl)n1Cc1ccccc1C#N. The molecule has 0 aliphatic rings. The Hall–Kier alpha value is -1.64. The van der Waals surface area contributed by atoms with E-state index in [1.165, 1.54) is 0 Å². The molecule has 0 unspecified atom stereocenters. The first-order chi connectivity index (χ1) is 9.04. The summed E-state index contributed by atoms with van der Waals surface area (Å²) >= 11 is 9.19. The molecule has 0 radical (unpaired) electrons. The average Bonchev–Trinajstić information content (AvgIpc) is 2.41. The summed E-state index contributed by atoms with van der Waals surface area (Å²) in [6.07, 6.45) is 0. The van der Waals surface area contributed by atoms with Gasteiger partial charge in [-0.05, 0) is 46.1 Å². The zero-order valence-electron chi connectivity index (χ0n) is 10.0. The average molecular weight is 339 g/mol. The largest absolute Gasteiger partial charge is 0.315 e. The highest BCUT2D eigenvalue weighted by molar-refractivity contribution is 9.10. The van der Waals surface area contributed by atoms with E-state index in [0.717, 1.165) is 5.56 Å². The molecule has 96 valence electrons. The molecular weight excluding hydrogens is 330 g/mol. The molecule has 0 aliphatic heterocycles. The molecule has 2 aromatic rings. The van der Waals surface area contributed by atoms with Crippen LogP contribution < -0.4 is 5.56 Å². The lowest BCUT2D eigenvalue weighted by Crippen LogP contribution is -2.18. The van der Waals surface area contributed by atoms with Crippen LogP contribution in [0.4, 0.5) is 0 Å². The number of hydrogen-bond acceptors (Lipinski definition) is 3. The lowest BCUT2D eigenvalue weighted by atomic mass is 10.1. The number of nitrogens with zero attached hydrogens (tertiary/aromatic N) is 3. The van der Waals surface area contributed by atoms with Gasteiger partial charge in [0, 0.05) is 5.69 Å². The van der Waals surface area contributed by atoms with E-state index in [4.69, 9.17) is 16.9 Å². The highest BCUT2D eigenvalue weighted by Crippen LogP contribution is 2.18. The molecule has 6 heteroatoms. The fourth-order valence-corrected chi connectivity index (χ4v) is 2.29. The van der Waals surface area contributed by atoms with Crippen molar-refractivity contribution < 1.29 is 0 Å². The molecule has 0 aliphatic carbocycles. The van der Waals surface area contributed by atoms with Gasteiger partial charge in [0.2, 0.25) is 5.28 Å². The van der Waals surface area contributed by atoms with Crippen LogP contribution >= 0.6 is 27.5 Å². The lowest BCUT2D eigenvalue weighted by Gasteiger charge is -2.14. The van der Waals surface area contributed by atoms with Gasteiger partial charge in [-0.3, -0.25) is 4.79 Å². The van der Waals surface area contributed by atoms with E-state index in [1.807, 2.05) is 12.1 Å². The molecule has 0 atom stereocenters. The number of rotatable bonds is 2. The number of nitriles is 1. The van der Waals surface area contributed by atoms with Gasteiger partial charge in [-0.2, -0.15) is 10.2 Å². The maximum atomic E-state index is 11.5. The van der Waals surface area contributed by atoms with Crippen LogP contribution in [0.2, 0.25) is 5.28 Å². The van der Waals surface area contributed by atoms with E-state index in [-0.39, 0.29) is 5.28 Å². The highest BCUT2D eigenvalue weighted by atomic mass is 79.9. The van der Waals surface area contributed by atoms with Crippen LogP contribution in [0.1, 0.15) is 16.8 Å². The molecule has 1 aromatic heterocycles. The minimum absolute atomic E-state index is 0.110. The second-order valence-corrected chi connectivity index (χ2v) is 5.07. The third-order valence-corrected chi connectivity index (χ3v) is 3.99. The summed E-state index contributed by atoms with van der Waals surface area (Å²) in [6, 6.07) is 9.37. The van der Waals surface area contributed by atoms with Crippen molar-refractivity contribution in [3.63, 3.8) is 0 Å². The summed E-state index contributed by atoms with van der Waals surface area (Å²) in [5, 5.41) is 9.18. The molecule has 2 rings (SSSR count). The van der Waals surface area contributed by atoms with Crippen LogP contribution in [0.15, 0.2) is 33.5 Å². The van der Waals surface area contributed by atoms with Crippen molar-refractivity contribution in [1.29, 1.82) is 5.26 Å². The summed E-state index contributed by atoms with van der Waals surface area (Å²) < 4.78 is 2.06. The predicted molar refractivity (Wildman–Crippen MR) is 76.2 cm³/mol. The topological polar surface area (TPSA) is 58.7 Å². The van der Waals surface area contributed by atoms with Gasteiger partial charge in [-0.25, -0.2) is 0 Å². The van der Waals surface area contributed by atoms with Gasteiger partial charge in [-0.15, -0.1) is 0 Å². The van der Waals surface area contributed by atoms with E-state index in [2.05, 4.69) is 27.0 Å². The molecule has 1 heterocycles. The fraction of sp³-hybridized carbons (Fsp3) is 0.154. The minimum Gasteiger partial charge on any atom is -0.315 e. The molecule has 0 spiro atoms. The third kappa shape index (κ3) is 2.70. The van der Waals surface area contributed by atoms with Gasteiger partial charge in [-0.1, -0.05) is 18.2 Å². The minimum atomic E-state index is -0.396. The van der Waals surface area contributed by atoms with Gasteiger partial charge in [0.25, 0.3) is 5.56 Å². The van der Waals surface area contributed by atoms with Crippen LogP contribution in [0.5, 0.6) is 0 Å². The standard InChI is InChI=1S/C13H9BrClN3O/c1-8-11(14)12(19)17-13(15)18(8)7-10-5-3-2-4-9(10)6-16/h2-5H,7H2,1H3. The molecule has 4 nitrogen and oxygen atoms in total. The van der Waals surface area contributed by atoms with Crippen molar-refractivity contribution in [2.45, 2.75) is 13.5 Å². The van der Waals surface area contributed by atoms with Crippen molar-refractivity contribution in [2.75, 3.05) is 0 Å². The smallest absolute Gasteiger partial charge is 0.288 e. The van der Waals surface area contributed by atoms with Crippen molar-refractivity contribution in [3.8, 4) is 6.07 Å². The lowest BCUT2D eigenvalue weighted by molar-refractivity contribution is 0.725. The van der Waals surface area contributed by atoms with Gasteiger partial charge in [0.1, 0.15) is 4.47 Å². The van der Waals surface area contributed by atoms with Gasteiger partial charge in [0.15, 0.2) is 0 Å². The summed E-state index contributed by atoms with van der Waals surface area (Å²) in [5.41, 5.74) is 1.69. The Bertz CT molecular complexity index is 734. The fourth-order valence-electron chi connectivity index (χ4n) is 1.73. The molecular formula is C13H9BrClN3O. The van der Waals surface area contributed by atoms with Crippen molar-refractivity contribution in [3.05, 3.63) is 61.2 Å². The summed E-state index contributed by atoms with van der Waals surface area (Å²) in [7, 11) is 0. The monoisotopic (exact) mass is 337 g/mol. The van der Waals surface area contributed by atoms with Gasteiger partial charge >= 0.3 is 0 Å². The Labute approximate surface area is 123 Å². The third-order valence-electron chi connectivity index (χ3n) is 2.79. The molecule has 0 saturated heterocycles. The Morgan fingerprint density at radius 2 is 2.16 bits per heavy atom. The first kappa shape index (κ1) is 13.8. The second-order valence-electron chi connectivity index (χ2n) is 3.94. The van der Waals surface area contributed by atoms with Gasteiger partial charge in [0.05, 0.1) is 18.2 Å². The Morgan fingerprint density at radius 1 is 1.47 bits per heavy atom. The number of halogens is 2. The predicted octanol–water partition coefficient (Wildman–Crippen LogP) is 2.89. The number of aromatic nitrogens is 2. The van der Waals surface area contributed by atoms with Crippen LogP contribution in [-0.4, -0.2) is 9.55 Å². The zero-order valence-corrected chi connectivity index (χ0v) is 12.4. The molecule has 0 saturated carbocycles. The van der Waals surface area contributed by atoms with E-state index < -0.39 is 5.56 Å². The first-order valence-corrected chi connectivity index (χ1v) is 6.62. The van der Waals surface area contributed by atoms with Crippen LogP contribution in [0.3, 0.4) is 0 Å². The molecule has 0 amide bonds. The first-order valence-electron chi connectivity index (χ1n) is 5.45. The molecule has 0 bridgehead atoms. The van der Waals surface area contributed by atoms with Crippen molar-refractivity contribution >= 4 is 27.5 Å². The summed E-state index contributed by atoms with van der Waals surface area (Å²) in [5.74, 6) is 0. The Balaban J connectivity index is 2.54. The quantitative estimate of drug-likeness (QED) is 0.791. The Kier molecular flexibility index (Phi) is 4.03. The maximum Gasteiger partial charge on any atom is 0.288 e. The summed E-state index contributed by atoms with van der Waals surface area (Å²) in [4.78, 5) is 15.2. The van der Waals surface area contributed by atoms with Crippen molar-refractivity contribution in [2.24, 2.45) is 0 Å². The second kappa shape index (κ2) is 5.55. The van der Waals surface area contributed by atoms with Crippen LogP contribution in [0.25, 0.3) is 0 Å².